The second-order valence-corrected chi connectivity index (χ2v) is 8.99. The number of furan rings is 1. The number of anilines is 2. The molecule has 3 aromatic rings. The lowest BCUT2D eigenvalue weighted by Crippen LogP contribution is -2.45. The van der Waals surface area contributed by atoms with Crippen LogP contribution < -0.4 is 26.4 Å². The first-order chi connectivity index (χ1) is 17.3. The van der Waals surface area contributed by atoms with Gasteiger partial charge in [-0.15, -0.1) is 0 Å². The fourth-order valence-electron chi connectivity index (χ4n) is 4.02. The number of primary amides is 1. The van der Waals surface area contributed by atoms with Crippen molar-refractivity contribution < 1.29 is 28.3 Å². The third-order valence-corrected chi connectivity index (χ3v) is 6.64. The van der Waals surface area contributed by atoms with Crippen LogP contribution in [0.4, 0.5) is 11.4 Å². The summed E-state index contributed by atoms with van der Waals surface area (Å²) in [5.41, 5.74) is 11.4. The monoisotopic (exact) mass is 513 g/mol. The van der Waals surface area contributed by atoms with Crippen LogP contribution in [-0.2, 0) is 9.53 Å². The molecular weight excluding hydrogens is 486 g/mol. The topological polar surface area (TPSA) is 163 Å². The maximum Gasteiger partial charge on any atom is 0.273 e. The second-order valence-electron chi connectivity index (χ2n) is 8.22. The van der Waals surface area contributed by atoms with Gasteiger partial charge in [0.2, 0.25) is 0 Å². The number of ether oxygens (including phenoxy) is 2. The normalized spacial score (nSPS) is 15.9. The summed E-state index contributed by atoms with van der Waals surface area (Å²) in [5, 5.41) is 2.89. The number of hydrogen-bond acceptors (Lipinski definition) is 9. The van der Waals surface area contributed by atoms with Crippen molar-refractivity contribution in [2.24, 2.45) is 5.73 Å². The van der Waals surface area contributed by atoms with Gasteiger partial charge >= 0.3 is 0 Å². The number of amides is 3. The first-order valence-corrected chi connectivity index (χ1v) is 12.1. The largest absolute Gasteiger partial charge is 0.495 e. The van der Waals surface area contributed by atoms with E-state index in [1.165, 1.54) is 12.0 Å². The quantitative estimate of drug-likeness (QED) is 0.393. The molecule has 0 saturated carbocycles. The van der Waals surface area contributed by atoms with Crippen LogP contribution in [-0.4, -0.2) is 48.5 Å². The Balaban J connectivity index is 1.82. The van der Waals surface area contributed by atoms with E-state index >= 15 is 0 Å². The molecule has 0 radical (unpaired) electrons. The highest BCUT2D eigenvalue weighted by Crippen LogP contribution is 2.38. The van der Waals surface area contributed by atoms with Crippen LogP contribution in [0, 0.1) is 6.92 Å². The molecule has 2 atom stereocenters. The summed E-state index contributed by atoms with van der Waals surface area (Å²) in [6.07, 6.45) is 1.63. The Labute approximate surface area is 211 Å². The molecule has 1 aromatic carbocycles. The molecule has 1 fully saturated rings. The molecule has 3 heterocycles. The van der Waals surface area contributed by atoms with Gasteiger partial charge in [0.05, 0.1) is 24.6 Å². The number of nitrogens with one attached hydrogen (secondary N) is 1. The molecule has 12 heteroatoms. The number of aromatic nitrogens is 1. The Morgan fingerprint density at radius 1 is 1.28 bits per heavy atom. The van der Waals surface area contributed by atoms with Crippen molar-refractivity contribution in [1.82, 2.24) is 9.69 Å². The highest BCUT2D eigenvalue weighted by molar-refractivity contribution is 7.09. The van der Waals surface area contributed by atoms with E-state index in [0.717, 1.165) is 24.4 Å². The summed E-state index contributed by atoms with van der Waals surface area (Å²) in [6.45, 7) is 2.65. The number of nitrogens with two attached hydrogens (primary N) is 2. The van der Waals surface area contributed by atoms with E-state index in [4.69, 9.17) is 25.4 Å². The van der Waals surface area contributed by atoms with Crippen LogP contribution in [0.2, 0.25) is 0 Å². The highest BCUT2D eigenvalue weighted by Gasteiger charge is 2.39. The SMILES string of the molecule is COc1ccccc1N(C(=O)c1snc(C(N)=O)c1N)[C@@H](C(=O)NC[C@@H]1CCCO1)c1ccc(C)o1. The zero-order chi connectivity index (χ0) is 25.8. The van der Waals surface area contributed by atoms with E-state index in [-0.39, 0.29) is 34.7 Å². The molecule has 1 aliphatic rings. The van der Waals surface area contributed by atoms with E-state index in [9.17, 15) is 14.4 Å². The Morgan fingerprint density at radius 3 is 2.67 bits per heavy atom. The van der Waals surface area contributed by atoms with E-state index in [1.807, 2.05) is 0 Å². The molecule has 0 unspecified atom stereocenters. The zero-order valence-corrected chi connectivity index (χ0v) is 20.7. The summed E-state index contributed by atoms with van der Waals surface area (Å²) < 4.78 is 20.9. The molecule has 190 valence electrons. The lowest BCUT2D eigenvalue weighted by Gasteiger charge is -2.31. The molecule has 0 spiro atoms. The summed E-state index contributed by atoms with van der Waals surface area (Å²) in [4.78, 5) is 40.6. The standard InChI is InChI=1S/C24H27N5O6S/c1-13-9-10-17(35-13)20(23(31)27-12-14-6-5-11-34-14)29(15-7-3-4-8-16(15)33-2)24(32)21-18(25)19(22(26)30)28-36-21/h3-4,7-10,14,20H,5-6,11-12,25H2,1-2H3,(H2,26,30)(H,27,31)/t14-,20+/m0/s1. The number of nitrogen functional groups attached to an aromatic ring is 1. The van der Waals surface area contributed by atoms with Gasteiger partial charge in [-0.25, -0.2) is 0 Å². The fraction of sp³-hybridized carbons (Fsp3) is 0.333. The second kappa shape index (κ2) is 10.8. The minimum atomic E-state index is -1.23. The predicted octanol–water partition coefficient (Wildman–Crippen LogP) is 2.42. The summed E-state index contributed by atoms with van der Waals surface area (Å²) in [7, 11) is 1.46. The van der Waals surface area contributed by atoms with Gasteiger partial charge in [0.25, 0.3) is 17.7 Å². The Morgan fingerprint density at radius 2 is 2.06 bits per heavy atom. The minimum Gasteiger partial charge on any atom is -0.495 e. The molecule has 0 bridgehead atoms. The van der Waals surface area contributed by atoms with Crippen molar-refractivity contribution in [1.29, 1.82) is 0 Å². The van der Waals surface area contributed by atoms with Gasteiger partial charge < -0.3 is 30.7 Å². The number of methoxy groups -OCH3 is 1. The number of benzene rings is 1. The number of carbonyl (C=O) groups is 3. The van der Waals surface area contributed by atoms with Gasteiger partial charge in [0, 0.05) is 13.2 Å². The molecular formula is C24H27N5O6S. The van der Waals surface area contributed by atoms with Crippen LogP contribution in [0.1, 0.15) is 50.6 Å². The van der Waals surface area contributed by atoms with Crippen molar-refractivity contribution in [2.75, 3.05) is 30.9 Å². The third-order valence-electron chi connectivity index (χ3n) is 5.78. The number of carbonyl (C=O) groups excluding carboxylic acids is 3. The first kappa shape index (κ1) is 25.2. The molecule has 3 amide bonds. The number of para-hydroxylation sites is 2. The van der Waals surface area contributed by atoms with Gasteiger partial charge in [-0.1, -0.05) is 12.1 Å². The zero-order valence-electron chi connectivity index (χ0n) is 19.9. The van der Waals surface area contributed by atoms with Crippen LogP contribution in [0.25, 0.3) is 0 Å². The molecule has 1 saturated heterocycles. The summed E-state index contributed by atoms with van der Waals surface area (Å²) >= 11 is 0.722. The number of aryl methyl sites for hydroxylation is 1. The van der Waals surface area contributed by atoms with Gasteiger partial charge in [0.15, 0.2) is 11.7 Å². The Hall–Kier alpha value is -3.90. The number of rotatable bonds is 9. The molecule has 36 heavy (non-hydrogen) atoms. The van der Waals surface area contributed by atoms with Crippen molar-refractivity contribution in [2.45, 2.75) is 31.9 Å². The van der Waals surface area contributed by atoms with E-state index in [0.29, 0.717) is 23.8 Å². The molecule has 0 aliphatic carbocycles. The molecule has 11 nitrogen and oxygen atoms in total. The van der Waals surface area contributed by atoms with Crippen molar-refractivity contribution in [3.63, 3.8) is 0 Å². The smallest absolute Gasteiger partial charge is 0.273 e. The van der Waals surface area contributed by atoms with E-state index < -0.39 is 23.8 Å². The summed E-state index contributed by atoms with van der Waals surface area (Å²) in [5.74, 6) is -0.897. The van der Waals surface area contributed by atoms with Crippen molar-refractivity contribution in [3.05, 3.63) is 58.5 Å². The fourth-order valence-corrected chi connectivity index (χ4v) is 4.77. The minimum absolute atomic E-state index is 0.0464. The van der Waals surface area contributed by atoms with Crippen LogP contribution >= 0.6 is 11.5 Å². The van der Waals surface area contributed by atoms with Crippen molar-refractivity contribution >= 4 is 40.6 Å². The Bertz CT molecular complexity index is 1270. The average Bonchev–Trinajstić information content (AvgIpc) is 3.62. The van der Waals surface area contributed by atoms with Gasteiger partial charge in [-0.3, -0.25) is 19.3 Å². The molecule has 5 N–H and O–H groups in total. The Kier molecular flexibility index (Phi) is 7.55. The van der Waals surface area contributed by atoms with E-state index in [1.54, 1.807) is 43.3 Å². The number of hydrogen-bond donors (Lipinski definition) is 3. The van der Waals surface area contributed by atoms with E-state index in [2.05, 4.69) is 9.69 Å². The maximum absolute atomic E-state index is 14.0. The molecule has 2 aromatic heterocycles. The van der Waals surface area contributed by atoms with Gasteiger partial charge in [-0.05, 0) is 55.6 Å². The lowest BCUT2D eigenvalue weighted by molar-refractivity contribution is -0.123. The lowest BCUT2D eigenvalue weighted by atomic mass is 10.1. The summed E-state index contributed by atoms with van der Waals surface area (Å²) in [6, 6.07) is 8.84. The van der Waals surface area contributed by atoms with Gasteiger partial charge in [-0.2, -0.15) is 4.37 Å². The first-order valence-electron chi connectivity index (χ1n) is 11.3. The molecule has 1 aliphatic heterocycles. The third kappa shape index (κ3) is 5.04. The van der Waals surface area contributed by atoms with Crippen LogP contribution in [0.3, 0.4) is 0 Å². The van der Waals surface area contributed by atoms with Gasteiger partial charge in [0.1, 0.15) is 22.1 Å². The average molecular weight is 514 g/mol. The predicted molar refractivity (Wildman–Crippen MR) is 133 cm³/mol. The maximum atomic E-state index is 14.0. The van der Waals surface area contributed by atoms with Crippen LogP contribution in [0.5, 0.6) is 5.75 Å². The van der Waals surface area contributed by atoms with Crippen molar-refractivity contribution in [3.8, 4) is 5.75 Å². The number of nitrogens with zero attached hydrogens (tertiary/aromatic N) is 2. The van der Waals surface area contributed by atoms with Crippen LogP contribution in [0.15, 0.2) is 40.8 Å². The molecule has 4 rings (SSSR count). The highest BCUT2D eigenvalue weighted by atomic mass is 32.1.